The number of halogens is 1. The van der Waals surface area contributed by atoms with Crippen LogP contribution in [0.15, 0.2) is 54.1 Å². The summed E-state index contributed by atoms with van der Waals surface area (Å²) in [6, 6.07) is 13.5. The van der Waals surface area contributed by atoms with Gasteiger partial charge < -0.3 is 5.11 Å². The summed E-state index contributed by atoms with van der Waals surface area (Å²) in [6.45, 7) is 0. The van der Waals surface area contributed by atoms with Gasteiger partial charge in [-0.2, -0.15) is 0 Å². The van der Waals surface area contributed by atoms with E-state index < -0.39 is 11.6 Å². The fourth-order valence-corrected chi connectivity index (χ4v) is 2.51. The van der Waals surface area contributed by atoms with Gasteiger partial charge in [0.1, 0.15) is 5.76 Å². The van der Waals surface area contributed by atoms with Crippen molar-refractivity contribution >= 4 is 28.9 Å². The third kappa shape index (κ3) is 2.36. The molecule has 0 aromatic heterocycles. The van der Waals surface area contributed by atoms with E-state index in [1.165, 1.54) is 0 Å². The molecule has 0 saturated heterocycles. The Balaban J connectivity index is 2.06. The lowest BCUT2D eigenvalue weighted by Gasteiger charge is -2.17. The van der Waals surface area contributed by atoms with Crippen LogP contribution < -0.4 is 0 Å². The van der Waals surface area contributed by atoms with Crippen LogP contribution in [0.3, 0.4) is 0 Å². The summed E-state index contributed by atoms with van der Waals surface area (Å²) < 4.78 is 0. The quantitative estimate of drug-likeness (QED) is 0.862. The Morgan fingerprint density at radius 1 is 0.857 bits per heavy atom. The maximum Gasteiger partial charge on any atom is 0.234 e. The van der Waals surface area contributed by atoms with Crippen molar-refractivity contribution in [2.45, 2.75) is 6.42 Å². The smallest absolute Gasteiger partial charge is 0.234 e. The molecule has 0 spiro atoms. The first-order chi connectivity index (χ1) is 10.1. The van der Waals surface area contributed by atoms with E-state index in [1.54, 1.807) is 48.5 Å². The molecule has 1 aliphatic carbocycles. The van der Waals surface area contributed by atoms with Crippen LogP contribution in [0.1, 0.15) is 21.5 Å². The third-order valence-electron chi connectivity index (χ3n) is 3.49. The molecule has 0 bridgehead atoms. The van der Waals surface area contributed by atoms with Gasteiger partial charge >= 0.3 is 0 Å². The van der Waals surface area contributed by atoms with Crippen molar-refractivity contribution in [3.05, 3.63) is 75.8 Å². The number of ketones is 2. The van der Waals surface area contributed by atoms with Crippen molar-refractivity contribution in [3.8, 4) is 0 Å². The maximum absolute atomic E-state index is 12.2. The SMILES string of the molecule is O=C1C(=O)c2ccccc2C(O)=C1Cc1ccc(Cl)cc1. The van der Waals surface area contributed by atoms with Gasteiger partial charge in [0.05, 0.1) is 5.57 Å². The number of aliphatic hydroxyl groups excluding tert-OH is 1. The second-order valence-electron chi connectivity index (χ2n) is 4.83. The number of allylic oxidation sites excluding steroid dienone is 1. The topological polar surface area (TPSA) is 54.4 Å². The Morgan fingerprint density at radius 2 is 1.48 bits per heavy atom. The maximum atomic E-state index is 12.2. The second-order valence-corrected chi connectivity index (χ2v) is 5.27. The molecule has 104 valence electrons. The van der Waals surface area contributed by atoms with E-state index in [-0.39, 0.29) is 23.3 Å². The zero-order valence-corrected chi connectivity index (χ0v) is 11.7. The van der Waals surface area contributed by atoms with E-state index in [0.717, 1.165) is 5.56 Å². The lowest BCUT2D eigenvalue weighted by Crippen LogP contribution is -2.25. The van der Waals surface area contributed by atoms with Gasteiger partial charge in [-0.15, -0.1) is 0 Å². The molecule has 0 radical (unpaired) electrons. The van der Waals surface area contributed by atoms with Crippen molar-refractivity contribution in [1.29, 1.82) is 0 Å². The number of Topliss-reactive ketones (excluding diaryl/α,β-unsaturated/α-hetero) is 2. The zero-order valence-electron chi connectivity index (χ0n) is 11.0. The molecule has 1 aliphatic rings. The molecule has 0 atom stereocenters. The molecule has 0 aliphatic heterocycles. The van der Waals surface area contributed by atoms with E-state index in [9.17, 15) is 14.7 Å². The average Bonchev–Trinajstić information content (AvgIpc) is 2.51. The highest BCUT2D eigenvalue weighted by atomic mass is 35.5. The van der Waals surface area contributed by atoms with E-state index >= 15 is 0 Å². The van der Waals surface area contributed by atoms with Crippen molar-refractivity contribution in [2.75, 3.05) is 0 Å². The summed E-state index contributed by atoms with van der Waals surface area (Å²) in [5.41, 5.74) is 1.59. The van der Waals surface area contributed by atoms with Gasteiger partial charge in [-0.25, -0.2) is 0 Å². The molecule has 0 amide bonds. The van der Waals surface area contributed by atoms with Crippen molar-refractivity contribution < 1.29 is 14.7 Å². The lowest BCUT2D eigenvalue weighted by molar-refractivity contribution is -0.112. The molecule has 21 heavy (non-hydrogen) atoms. The zero-order chi connectivity index (χ0) is 15.0. The lowest BCUT2D eigenvalue weighted by atomic mass is 9.86. The van der Waals surface area contributed by atoms with Gasteiger partial charge in [-0.05, 0) is 17.7 Å². The van der Waals surface area contributed by atoms with Gasteiger partial charge in [0.2, 0.25) is 11.6 Å². The van der Waals surface area contributed by atoms with Gasteiger partial charge in [0.25, 0.3) is 0 Å². The highest BCUT2D eigenvalue weighted by molar-refractivity contribution is 6.52. The fourth-order valence-electron chi connectivity index (χ4n) is 2.39. The second kappa shape index (κ2) is 5.19. The van der Waals surface area contributed by atoms with Gasteiger partial charge in [0, 0.05) is 22.6 Å². The van der Waals surface area contributed by atoms with Gasteiger partial charge in [-0.3, -0.25) is 9.59 Å². The normalized spacial score (nSPS) is 14.3. The van der Waals surface area contributed by atoms with Crippen LogP contribution in [-0.2, 0) is 11.2 Å². The van der Waals surface area contributed by atoms with Crippen LogP contribution in [0.2, 0.25) is 5.02 Å². The molecule has 1 N–H and O–H groups in total. The van der Waals surface area contributed by atoms with Crippen LogP contribution in [0.4, 0.5) is 0 Å². The Kier molecular flexibility index (Phi) is 3.35. The Morgan fingerprint density at radius 3 is 2.14 bits per heavy atom. The molecule has 3 rings (SSSR count). The first kappa shape index (κ1) is 13.6. The van der Waals surface area contributed by atoms with Crippen molar-refractivity contribution in [1.82, 2.24) is 0 Å². The number of rotatable bonds is 2. The number of aliphatic hydroxyl groups is 1. The van der Waals surface area contributed by atoms with Gasteiger partial charge in [-0.1, -0.05) is 48.0 Å². The third-order valence-corrected chi connectivity index (χ3v) is 3.74. The minimum absolute atomic E-state index is 0.120. The van der Waals surface area contributed by atoms with Crippen LogP contribution >= 0.6 is 11.6 Å². The molecule has 0 unspecified atom stereocenters. The van der Waals surface area contributed by atoms with Crippen LogP contribution in [-0.4, -0.2) is 16.7 Å². The molecular weight excluding hydrogens is 288 g/mol. The van der Waals surface area contributed by atoms with E-state index in [0.29, 0.717) is 10.6 Å². The Labute approximate surface area is 126 Å². The van der Waals surface area contributed by atoms with E-state index in [2.05, 4.69) is 0 Å². The molecule has 2 aromatic carbocycles. The summed E-state index contributed by atoms with van der Waals surface area (Å²) in [5, 5.41) is 10.9. The van der Waals surface area contributed by atoms with E-state index in [4.69, 9.17) is 11.6 Å². The Bertz CT molecular complexity index is 773. The van der Waals surface area contributed by atoms with E-state index in [1.807, 2.05) is 0 Å². The molecular formula is C17H11ClO3. The minimum Gasteiger partial charge on any atom is -0.507 e. The molecule has 2 aromatic rings. The number of hydrogen-bond acceptors (Lipinski definition) is 3. The predicted molar refractivity (Wildman–Crippen MR) is 80.5 cm³/mol. The number of hydrogen-bond donors (Lipinski definition) is 1. The largest absolute Gasteiger partial charge is 0.507 e. The molecule has 3 nitrogen and oxygen atoms in total. The molecule has 0 saturated carbocycles. The standard InChI is InChI=1S/C17H11ClO3/c18-11-7-5-10(6-8-11)9-14-15(19)12-3-1-2-4-13(12)16(20)17(14)21/h1-8,19H,9H2. The van der Waals surface area contributed by atoms with Crippen LogP contribution in [0, 0.1) is 0 Å². The van der Waals surface area contributed by atoms with Crippen LogP contribution in [0.5, 0.6) is 0 Å². The summed E-state index contributed by atoms with van der Waals surface area (Å²) in [6.07, 6.45) is 0.196. The minimum atomic E-state index is -0.652. The highest BCUT2D eigenvalue weighted by Crippen LogP contribution is 2.29. The molecule has 0 heterocycles. The monoisotopic (exact) mass is 298 g/mol. The fraction of sp³-hybridized carbons (Fsp3) is 0.0588. The number of carbonyl (C=O) groups excluding carboxylic acids is 2. The first-order valence-electron chi connectivity index (χ1n) is 6.43. The molecule has 4 heteroatoms. The Hall–Kier alpha value is -2.39. The van der Waals surface area contributed by atoms with Gasteiger partial charge in [0.15, 0.2) is 0 Å². The number of benzene rings is 2. The predicted octanol–water partition coefficient (Wildman–Crippen LogP) is 3.62. The first-order valence-corrected chi connectivity index (χ1v) is 6.80. The summed E-state index contributed by atoms with van der Waals surface area (Å²) >= 11 is 5.82. The summed E-state index contributed by atoms with van der Waals surface area (Å²) in [7, 11) is 0. The summed E-state index contributed by atoms with van der Waals surface area (Å²) in [4.78, 5) is 24.3. The summed E-state index contributed by atoms with van der Waals surface area (Å²) in [5.74, 6) is -1.35. The average molecular weight is 299 g/mol. The van der Waals surface area contributed by atoms with Crippen molar-refractivity contribution in [3.63, 3.8) is 0 Å². The molecule has 0 fully saturated rings. The van der Waals surface area contributed by atoms with Crippen molar-refractivity contribution in [2.24, 2.45) is 0 Å². The highest BCUT2D eigenvalue weighted by Gasteiger charge is 2.32. The number of carbonyl (C=O) groups is 2. The van der Waals surface area contributed by atoms with Crippen LogP contribution in [0.25, 0.3) is 5.76 Å². The number of fused-ring (bicyclic) bond motifs is 1.